The first-order valence-electron chi connectivity index (χ1n) is 8.30. The Labute approximate surface area is 165 Å². The number of nitrogens with one attached hydrogen (secondary N) is 1. The van der Waals surface area contributed by atoms with Crippen LogP contribution < -0.4 is 18.9 Å². The molecule has 0 saturated carbocycles. The molecule has 0 aliphatic carbocycles. The van der Waals surface area contributed by atoms with Gasteiger partial charge in [0.25, 0.3) is 0 Å². The highest BCUT2D eigenvalue weighted by molar-refractivity contribution is 7.90. The molecule has 0 heterocycles. The van der Waals surface area contributed by atoms with Gasteiger partial charge in [-0.2, -0.15) is 0 Å². The zero-order valence-electron chi connectivity index (χ0n) is 16.1. The molecular formula is C18H23NO7S2. The third-order valence-electron chi connectivity index (χ3n) is 3.84. The molecule has 0 radical (unpaired) electrons. The van der Waals surface area contributed by atoms with E-state index < -0.39 is 19.9 Å². The maximum atomic E-state index is 12.5. The van der Waals surface area contributed by atoms with Gasteiger partial charge in [0.05, 0.1) is 30.6 Å². The molecule has 10 heteroatoms. The van der Waals surface area contributed by atoms with Crippen LogP contribution in [-0.4, -0.2) is 43.9 Å². The number of hydrogen-bond acceptors (Lipinski definition) is 7. The summed E-state index contributed by atoms with van der Waals surface area (Å²) in [5, 5.41) is 0. The highest BCUT2D eigenvalue weighted by Crippen LogP contribution is 2.38. The molecule has 2 rings (SSSR count). The lowest BCUT2D eigenvalue weighted by molar-refractivity contribution is 0.288. The van der Waals surface area contributed by atoms with E-state index in [0.29, 0.717) is 29.4 Å². The molecule has 0 amide bonds. The van der Waals surface area contributed by atoms with Crippen LogP contribution in [0.4, 0.5) is 0 Å². The Hall–Kier alpha value is -2.30. The molecule has 8 nitrogen and oxygen atoms in total. The molecule has 0 bridgehead atoms. The number of hydrogen-bond donors (Lipinski definition) is 1. The summed E-state index contributed by atoms with van der Waals surface area (Å²) in [4.78, 5) is 0.0113. The van der Waals surface area contributed by atoms with E-state index in [1.165, 1.54) is 38.5 Å². The second-order valence-corrected chi connectivity index (χ2v) is 9.61. The highest BCUT2D eigenvalue weighted by Gasteiger charge is 2.18. The average molecular weight is 430 g/mol. The van der Waals surface area contributed by atoms with Crippen LogP contribution in [0.25, 0.3) is 0 Å². The molecule has 1 N–H and O–H groups in total. The predicted octanol–water partition coefficient (Wildman–Crippen LogP) is 1.98. The lowest BCUT2D eigenvalue weighted by Gasteiger charge is -2.15. The zero-order valence-corrected chi connectivity index (χ0v) is 17.7. The van der Waals surface area contributed by atoms with Gasteiger partial charge in [0.15, 0.2) is 21.3 Å². The van der Waals surface area contributed by atoms with Crippen LogP contribution in [0, 0.1) is 0 Å². The second-order valence-electron chi connectivity index (χ2n) is 5.83. The highest BCUT2D eigenvalue weighted by atomic mass is 32.2. The minimum atomic E-state index is -3.84. The number of ether oxygens (including phenoxy) is 3. The molecule has 28 heavy (non-hydrogen) atoms. The summed E-state index contributed by atoms with van der Waals surface area (Å²) in [6.45, 7) is 2.23. The molecular weight excluding hydrogens is 406 g/mol. The minimum Gasteiger partial charge on any atom is -0.493 e. The van der Waals surface area contributed by atoms with Gasteiger partial charge in [-0.1, -0.05) is 0 Å². The third kappa shape index (κ3) is 5.15. The van der Waals surface area contributed by atoms with Gasteiger partial charge in [-0.3, -0.25) is 0 Å². The summed E-state index contributed by atoms with van der Waals surface area (Å²) in [5.41, 5.74) is 0.605. The van der Waals surface area contributed by atoms with Crippen LogP contribution in [0.5, 0.6) is 17.2 Å². The summed E-state index contributed by atoms with van der Waals surface area (Å²) in [6.07, 6.45) is 1.06. The molecule has 0 fully saturated rings. The Balaban J connectivity index is 2.24. The van der Waals surface area contributed by atoms with Gasteiger partial charge in [-0.25, -0.2) is 21.6 Å². The first-order valence-corrected chi connectivity index (χ1v) is 11.7. The predicted molar refractivity (Wildman–Crippen MR) is 104 cm³/mol. The summed E-state index contributed by atoms with van der Waals surface area (Å²) < 4.78 is 66.6. The van der Waals surface area contributed by atoms with E-state index in [1.807, 2.05) is 6.92 Å². The summed E-state index contributed by atoms with van der Waals surface area (Å²) in [6, 6.07) is 8.32. The fourth-order valence-corrected chi connectivity index (χ4v) is 4.10. The third-order valence-corrected chi connectivity index (χ3v) is 6.38. The van der Waals surface area contributed by atoms with Crippen LogP contribution >= 0.6 is 0 Å². The maximum Gasteiger partial charge on any atom is 0.240 e. The van der Waals surface area contributed by atoms with Crippen LogP contribution in [0.3, 0.4) is 0 Å². The standard InChI is InChI=1S/C18H23NO7S2/c1-5-26-18-16(24-2)10-13(11-17(18)25-3)12-19-28(22,23)15-8-6-14(7-9-15)27(4,20)21/h6-11,19H,5,12H2,1-4H3. The van der Waals surface area contributed by atoms with Crippen molar-refractivity contribution in [3.63, 3.8) is 0 Å². The van der Waals surface area contributed by atoms with Gasteiger partial charge >= 0.3 is 0 Å². The van der Waals surface area contributed by atoms with Gasteiger partial charge in [-0.15, -0.1) is 0 Å². The topological polar surface area (TPSA) is 108 Å². The first kappa shape index (κ1) is 22.0. The molecule has 0 aliphatic rings. The Morgan fingerprint density at radius 1 is 0.893 bits per heavy atom. The van der Waals surface area contributed by atoms with Gasteiger partial charge < -0.3 is 14.2 Å². The normalized spacial score (nSPS) is 11.9. The largest absolute Gasteiger partial charge is 0.493 e. The number of sulfonamides is 1. The van der Waals surface area contributed by atoms with Crippen molar-refractivity contribution in [1.29, 1.82) is 0 Å². The van der Waals surface area contributed by atoms with Crippen molar-refractivity contribution in [2.24, 2.45) is 0 Å². The number of methoxy groups -OCH3 is 2. The van der Waals surface area contributed by atoms with E-state index >= 15 is 0 Å². The number of sulfone groups is 1. The molecule has 0 saturated heterocycles. The Morgan fingerprint density at radius 3 is 1.82 bits per heavy atom. The summed E-state index contributed by atoms with van der Waals surface area (Å²) in [7, 11) is -4.28. The van der Waals surface area contributed by atoms with Gasteiger partial charge in [0.2, 0.25) is 15.8 Å². The van der Waals surface area contributed by atoms with Crippen molar-refractivity contribution in [1.82, 2.24) is 4.72 Å². The Bertz CT molecular complexity index is 1010. The van der Waals surface area contributed by atoms with Crippen LogP contribution in [0.2, 0.25) is 0 Å². The molecule has 2 aromatic rings. The minimum absolute atomic E-state index is 0.0186. The summed E-state index contributed by atoms with van der Waals surface area (Å²) in [5.74, 6) is 1.29. The second kappa shape index (κ2) is 8.80. The molecule has 0 spiro atoms. The van der Waals surface area contributed by atoms with Crippen molar-refractivity contribution in [2.75, 3.05) is 27.1 Å². The van der Waals surface area contributed by atoms with Gasteiger partial charge in [-0.05, 0) is 48.9 Å². The van der Waals surface area contributed by atoms with Crippen LogP contribution in [-0.2, 0) is 26.4 Å². The smallest absolute Gasteiger partial charge is 0.240 e. The van der Waals surface area contributed by atoms with E-state index in [0.717, 1.165) is 6.26 Å². The van der Waals surface area contributed by atoms with Crippen LogP contribution in [0.15, 0.2) is 46.2 Å². The lowest BCUT2D eigenvalue weighted by Crippen LogP contribution is -2.23. The lowest BCUT2D eigenvalue weighted by atomic mass is 10.2. The number of rotatable bonds is 9. The molecule has 0 aliphatic heterocycles. The van der Waals surface area contributed by atoms with Crippen molar-refractivity contribution >= 4 is 19.9 Å². The van der Waals surface area contributed by atoms with Gasteiger partial charge in [0, 0.05) is 12.8 Å². The molecule has 154 valence electrons. The van der Waals surface area contributed by atoms with E-state index in [2.05, 4.69) is 4.72 Å². The van der Waals surface area contributed by atoms with Crippen molar-refractivity contribution < 1.29 is 31.0 Å². The van der Waals surface area contributed by atoms with Crippen LogP contribution in [0.1, 0.15) is 12.5 Å². The average Bonchev–Trinajstić information content (AvgIpc) is 2.66. The quantitative estimate of drug-likeness (QED) is 0.649. The molecule has 2 aromatic carbocycles. The number of benzene rings is 2. The maximum absolute atomic E-state index is 12.5. The van der Waals surface area contributed by atoms with E-state index in [-0.39, 0.29) is 16.3 Å². The SMILES string of the molecule is CCOc1c(OC)cc(CNS(=O)(=O)c2ccc(S(C)(=O)=O)cc2)cc1OC. The van der Waals surface area contributed by atoms with Gasteiger partial charge in [0.1, 0.15) is 0 Å². The molecule has 0 aromatic heterocycles. The first-order chi connectivity index (χ1) is 13.1. The molecule has 0 unspecified atom stereocenters. The Morgan fingerprint density at radius 2 is 1.39 bits per heavy atom. The van der Waals surface area contributed by atoms with E-state index in [9.17, 15) is 16.8 Å². The van der Waals surface area contributed by atoms with E-state index in [4.69, 9.17) is 14.2 Å². The van der Waals surface area contributed by atoms with Crippen molar-refractivity contribution in [2.45, 2.75) is 23.3 Å². The van der Waals surface area contributed by atoms with E-state index in [1.54, 1.807) is 12.1 Å². The van der Waals surface area contributed by atoms with Crippen molar-refractivity contribution in [3.05, 3.63) is 42.0 Å². The Kier molecular flexibility index (Phi) is 6.91. The van der Waals surface area contributed by atoms with Crippen molar-refractivity contribution in [3.8, 4) is 17.2 Å². The monoisotopic (exact) mass is 429 g/mol. The fraction of sp³-hybridized carbons (Fsp3) is 0.333. The zero-order chi connectivity index (χ0) is 20.9. The molecule has 0 atom stereocenters. The summed E-state index contributed by atoms with van der Waals surface area (Å²) >= 11 is 0. The fourth-order valence-electron chi connectivity index (χ4n) is 2.45.